The maximum Gasteiger partial charge on any atom is 0.390 e. The largest absolute Gasteiger partial charge is 0.390 e. The van der Waals surface area contributed by atoms with Crippen molar-refractivity contribution < 1.29 is 14.4 Å². The van der Waals surface area contributed by atoms with E-state index in [9.17, 15) is 14.4 Å². The topological polar surface area (TPSA) is 111 Å². The van der Waals surface area contributed by atoms with Gasteiger partial charge in [0.15, 0.2) is 0 Å². The number of aliphatic imine (C=N–C) groups is 1. The predicted octanol–water partition coefficient (Wildman–Crippen LogP) is 2.73. The van der Waals surface area contributed by atoms with Crippen LogP contribution in [0, 0.1) is 0 Å². The molecule has 4 N–H and O–H groups in total. The average molecular weight is 340 g/mol. The van der Waals surface area contributed by atoms with Gasteiger partial charge in [0.05, 0.1) is 23.6 Å². The van der Waals surface area contributed by atoms with Crippen molar-refractivity contribution in [2.45, 2.75) is 12.3 Å². The Morgan fingerprint density at radius 1 is 1.41 bits per heavy atom. The van der Waals surface area contributed by atoms with Gasteiger partial charge in [-0.2, -0.15) is 0 Å². The number of benzene rings is 1. The lowest BCUT2D eigenvalue weighted by Crippen LogP contribution is -2.14. The van der Waals surface area contributed by atoms with Gasteiger partial charge >= 0.3 is 7.60 Å². The molecule has 1 heterocycles. The fourth-order valence-corrected chi connectivity index (χ4v) is 2.57. The summed E-state index contributed by atoms with van der Waals surface area (Å²) in [4.78, 5) is 29.7. The molecule has 118 valence electrons. The van der Waals surface area contributed by atoms with Gasteiger partial charge in [0.25, 0.3) is 0 Å². The van der Waals surface area contributed by atoms with Crippen LogP contribution in [0.15, 0.2) is 41.8 Å². The molecule has 2 aromatic rings. The molecule has 1 aromatic heterocycles. The summed E-state index contributed by atoms with van der Waals surface area (Å²) < 4.78 is 11.5. The van der Waals surface area contributed by atoms with Crippen molar-refractivity contribution in [3.8, 4) is 11.3 Å². The van der Waals surface area contributed by atoms with Gasteiger partial charge in [-0.25, -0.2) is 9.98 Å². The fraction of sp³-hybridized carbons (Fsp3) is 0.231. The van der Waals surface area contributed by atoms with Crippen LogP contribution in [0.25, 0.3) is 11.3 Å². The SMILES string of the molecule is CSC(C)/N=C(/Nc1ccc(-c2cnc[nH]2)cc1)P(=O)(O)O. The molecular formula is C13H17N4O3PS. The van der Waals surface area contributed by atoms with Crippen molar-refractivity contribution >= 4 is 30.6 Å². The number of amidine groups is 1. The average Bonchev–Trinajstić information content (AvgIpc) is 3.00. The second kappa shape index (κ2) is 7.11. The monoisotopic (exact) mass is 340 g/mol. The number of H-pyrrole nitrogens is 1. The Hall–Kier alpha value is -1.60. The van der Waals surface area contributed by atoms with Gasteiger partial charge in [-0.05, 0) is 30.9 Å². The third-order valence-electron chi connectivity index (χ3n) is 2.87. The minimum absolute atomic E-state index is 0.251. The van der Waals surface area contributed by atoms with Crippen LogP contribution >= 0.6 is 19.4 Å². The maximum absolute atomic E-state index is 11.5. The first-order valence-corrected chi connectivity index (χ1v) is 9.32. The quantitative estimate of drug-likeness (QED) is 0.378. The lowest BCUT2D eigenvalue weighted by molar-refractivity contribution is 0.390. The fourth-order valence-electron chi connectivity index (χ4n) is 1.68. The first kappa shape index (κ1) is 16.8. The number of hydrogen-bond donors (Lipinski definition) is 4. The summed E-state index contributed by atoms with van der Waals surface area (Å²) in [6.45, 7) is 1.77. The number of nitrogens with one attached hydrogen (secondary N) is 2. The van der Waals surface area contributed by atoms with Gasteiger partial charge in [0.2, 0.25) is 5.58 Å². The molecule has 22 heavy (non-hydrogen) atoms. The minimum atomic E-state index is -4.46. The van der Waals surface area contributed by atoms with Crippen molar-refractivity contribution in [2.75, 3.05) is 11.6 Å². The van der Waals surface area contributed by atoms with E-state index >= 15 is 0 Å². The van der Waals surface area contributed by atoms with Crippen molar-refractivity contribution in [3.63, 3.8) is 0 Å². The van der Waals surface area contributed by atoms with E-state index in [2.05, 4.69) is 20.3 Å². The second-order valence-electron chi connectivity index (χ2n) is 4.50. The lowest BCUT2D eigenvalue weighted by Gasteiger charge is -2.13. The van der Waals surface area contributed by atoms with E-state index in [1.54, 1.807) is 31.6 Å². The highest BCUT2D eigenvalue weighted by Gasteiger charge is 2.24. The van der Waals surface area contributed by atoms with E-state index in [1.165, 1.54) is 11.8 Å². The highest BCUT2D eigenvalue weighted by atomic mass is 32.2. The molecule has 0 bridgehead atoms. The number of nitrogens with zero attached hydrogens (tertiary/aromatic N) is 2. The number of thioether (sulfide) groups is 1. The standard InChI is InChI=1S/C13H17N4O3PS/c1-9(22-2)16-13(21(18,19)20)17-11-5-3-10(4-6-11)12-7-14-8-15-12/h3-9H,1-2H3,(H,14,15)(H,16,17)(H2,18,19,20). The summed E-state index contributed by atoms with van der Waals surface area (Å²) in [7, 11) is -4.46. The van der Waals surface area contributed by atoms with E-state index in [0.29, 0.717) is 5.69 Å². The number of anilines is 1. The van der Waals surface area contributed by atoms with E-state index in [1.807, 2.05) is 18.4 Å². The third-order valence-corrected chi connectivity index (χ3v) is 4.44. The first-order valence-electron chi connectivity index (χ1n) is 6.42. The molecule has 0 aliphatic heterocycles. The third kappa shape index (κ3) is 4.45. The summed E-state index contributed by atoms with van der Waals surface area (Å²) in [6, 6.07) is 7.10. The molecule has 7 nitrogen and oxygen atoms in total. The smallest absolute Gasteiger partial charge is 0.345 e. The molecular weight excluding hydrogens is 323 g/mol. The number of imidazole rings is 1. The van der Waals surface area contributed by atoms with Crippen molar-refractivity contribution in [1.82, 2.24) is 9.97 Å². The maximum atomic E-state index is 11.5. The van der Waals surface area contributed by atoms with Gasteiger partial charge in [0, 0.05) is 5.69 Å². The molecule has 1 atom stereocenters. The zero-order chi connectivity index (χ0) is 16.2. The normalized spacial score (nSPS) is 13.9. The molecule has 0 fully saturated rings. The molecule has 1 unspecified atom stereocenters. The zero-order valence-electron chi connectivity index (χ0n) is 12.1. The minimum Gasteiger partial charge on any atom is -0.345 e. The van der Waals surface area contributed by atoms with Crippen LogP contribution in [0.4, 0.5) is 5.69 Å². The van der Waals surface area contributed by atoms with Crippen LogP contribution in [-0.2, 0) is 4.57 Å². The summed E-state index contributed by atoms with van der Waals surface area (Å²) in [6.07, 6.45) is 5.11. The number of rotatable bonds is 5. The van der Waals surface area contributed by atoms with Crippen molar-refractivity contribution in [2.24, 2.45) is 4.99 Å². The van der Waals surface area contributed by atoms with E-state index < -0.39 is 7.60 Å². The van der Waals surface area contributed by atoms with Gasteiger partial charge in [-0.15, -0.1) is 11.8 Å². The predicted molar refractivity (Wildman–Crippen MR) is 90.1 cm³/mol. The summed E-state index contributed by atoms with van der Waals surface area (Å²) in [5, 5.41) is 2.45. The van der Waals surface area contributed by atoms with Gasteiger partial charge in [0.1, 0.15) is 0 Å². The number of aromatic amines is 1. The highest BCUT2D eigenvalue weighted by molar-refractivity contribution is 7.99. The van der Waals surface area contributed by atoms with Gasteiger partial charge in [-0.1, -0.05) is 12.1 Å². The van der Waals surface area contributed by atoms with Crippen LogP contribution in [0.5, 0.6) is 0 Å². The van der Waals surface area contributed by atoms with Crippen LogP contribution in [0.3, 0.4) is 0 Å². The van der Waals surface area contributed by atoms with Crippen LogP contribution in [0.1, 0.15) is 6.92 Å². The first-order chi connectivity index (χ1) is 10.4. The van der Waals surface area contributed by atoms with Gasteiger partial charge < -0.3 is 20.1 Å². The summed E-state index contributed by atoms with van der Waals surface area (Å²) >= 11 is 1.40. The van der Waals surface area contributed by atoms with Crippen LogP contribution < -0.4 is 5.32 Å². The van der Waals surface area contributed by atoms with Crippen molar-refractivity contribution in [3.05, 3.63) is 36.8 Å². The zero-order valence-corrected chi connectivity index (χ0v) is 13.8. The Morgan fingerprint density at radius 2 is 2.09 bits per heavy atom. The van der Waals surface area contributed by atoms with Gasteiger partial charge in [-0.3, -0.25) is 4.57 Å². The number of aromatic nitrogens is 2. The molecule has 0 aliphatic carbocycles. The molecule has 0 aliphatic rings. The van der Waals surface area contributed by atoms with E-state index in [4.69, 9.17) is 0 Å². The molecule has 9 heteroatoms. The Bertz CT molecular complexity index is 682. The molecule has 0 amide bonds. The summed E-state index contributed by atoms with van der Waals surface area (Å²) in [5.74, 6) is 0. The van der Waals surface area contributed by atoms with Crippen LogP contribution in [0.2, 0.25) is 0 Å². The van der Waals surface area contributed by atoms with Crippen molar-refractivity contribution in [1.29, 1.82) is 0 Å². The summed E-state index contributed by atoms with van der Waals surface area (Å²) in [5.41, 5.74) is 2.02. The number of hydrogen-bond acceptors (Lipinski definition) is 4. The highest BCUT2D eigenvalue weighted by Crippen LogP contribution is 2.38. The molecule has 0 spiro atoms. The Balaban J connectivity index is 2.20. The van der Waals surface area contributed by atoms with E-state index in [-0.39, 0.29) is 11.0 Å². The van der Waals surface area contributed by atoms with Crippen LogP contribution in [-0.4, -0.2) is 37.0 Å². The Morgan fingerprint density at radius 3 is 2.59 bits per heavy atom. The molecule has 0 radical (unpaired) electrons. The molecule has 1 aromatic carbocycles. The molecule has 0 saturated carbocycles. The molecule has 2 rings (SSSR count). The van der Waals surface area contributed by atoms with E-state index in [0.717, 1.165) is 11.3 Å². The Labute approximate surface area is 132 Å². The Kier molecular flexibility index (Phi) is 5.42. The lowest BCUT2D eigenvalue weighted by atomic mass is 10.1. The molecule has 0 saturated heterocycles. The second-order valence-corrected chi connectivity index (χ2v) is 7.16.